The van der Waals surface area contributed by atoms with Gasteiger partial charge in [0.2, 0.25) is 0 Å². The number of aliphatic hydroxyl groups excluding tert-OH is 2. The summed E-state index contributed by atoms with van der Waals surface area (Å²) in [4.78, 5) is 0. The van der Waals surface area contributed by atoms with Crippen molar-refractivity contribution in [2.75, 3.05) is 24.7 Å². The summed E-state index contributed by atoms with van der Waals surface area (Å²) >= 11 is 3.30. The fourth-order valence-corrected chi connectivity index (χ4v) is 0.693. The van der Waals surface area contributed by atoms with Crippen molar-refractivity contribution in [1.82, 2.24) is 0 Å². The van der Waals surface area contributed by atoms with Gasteiger partial charge in [-0.25, -0.2) is 0 Å². The molecule has 2 N–H and O–H groups in total. The van der Waals surface area contributed by atoms with Crippen LogP contribution in [0.2, 0.25) is 0 Å². The number of rotatable bonds is 4. The Kier molecular flexibility index (Phi) is 23.2. The monoisotopic (exact) mass is 354 g/mol. The van der Waals surface area contributed by atoms with Gasteiger partial charge in [0.25, 0.3) is 0 Å². The number of hydrogen-bond donors (Lipinski definition) is 2. The summed E-state index contributed by atoms with van der Waals surface area (Å²) in [5.41, 5.74) is 0. The van der Waals surface area contributed by atoms with Crippen molar-refractivity contribution in [3.63, 3.8) is 0 Å². The van der Waals surface area contributed by atoms with Crippen LogP contribution in [0.3, 0.4) is 0 Å². The summed E-state index contributed by atoms with van der Waals surface area (Å²) in [5, 5.41) is 16.4. The van der Waals surface area contributed by atoms with E-state index >= 15 is 0 Å². The first kappa shape index (κ1) is 12.9. The Morgan fingerprint density at radius 2 is 1.44 bits per heavy atom. The third-order valence-electron chi connectivity index (χ3n) is 0.471. The Morgan fingerprint density at radius 1 is 1.11 bits per heavy atom. The van der Waals surface area contributed by atoms with Gasteiger partial charge < -0.3 is 10.2 Å². The molecule has 0 spiro atoms. The molecule has 0 aromatic rings. The molecule has 0 aliphatic heterocycles. The van der Waals surface area contributed by atoms with E-state index in [1.807, 2.05) is 0 Å². The molecule has 0 bridgehead atoms. The molecule has 0 aromatic carbocycles. The van der Waals surface area contributed by atoms with Crippen LogP contribution in [0.15, 0.2) is 0 Å². The van der Waals surface area contributed by atoms with Gasteiger partial charge >= 0.3 is 29.2 Å². The Bertz CT molecular complexity index is 37.7. The molecule has 0 amide bonds. The second-order valence-electron chi connectivity index (χ2n) is 1.06. The molecule has 0 aliphatic carbocycles. The number of hydrogen-bond acceptors (Lipinski definition) is 3. The summed E-state index contributed by atoms with van der Waals surface area (Å²) in [7, 11) is 4.58. The third kappa shape index (κ3) is 17.6. The molecule has 2 nitrogen and oxygen atoms in total. The van der Waals surface area contributed by atoms with Gasteiger partial charge in [0, 0.05) is 11.5 Å². The number of halogens is 1. The van der Waals surface area contributed by atoms with E-state index in [2.05, 4.69) is 9.19 Å². The molecule has 0 fully saturated rings. The van der Waals surface area contributed by atoms with Crippen LogP contribution >= 0.6 is 21.0 Å². The predicted molar refractivity (Wildman–Crippen MR) is 37.3 cm³/mol. The van der Waals surface area contributed by atoms with Gasteiger partial charge in [-0.3, -0.25) is 0 Å². The fourth-order valence-electron chi connectivity index (χ4n) is 0.231. The van der Waals surface area contributed by atoms with Crippen molar-refractivity contribution in [2.45, 2.75) is 0 Å². The molecule has 0 aliphatic rings. The van der Waals surface area contributed by atoms with Crippen molar-refractivity contribution in [1.29, 1.82) is 0 Å². The van der Waals surface area contributed by atoms with E-state index in [4.69, 9.17) is 10.2 Å². The minimum atomic E-state index is 0.213. The van der Waals surface area contributed by atoms with Crippen molar-refractivity contribution in [3.05, 3.63) is 0 Å². The van der Waals surface area contributed by atoms with Gasteiger partial charge in [-0.2, -0.15) is 11.8 Å². The Labute approximate surface area is 75.7 Å². The van der Waals surface area contributed by atoms with Crippen LogP contribution in [0.25, 0.3) is 0 Å². The van der Waals surface area contributed by atoms with Crippen LogP contribution in [0.5, 0.6) is 0 Å². The maximum absolute atomic E-state index is 8.19. The summed E-state index contributed by atoms with van der Waals surface area (Å²) in [6, 6.07) is 0. The third-order valence-corrected chi connectivity index (χ3v) is 1.41. The van der Waals surface area contributed by atoms with Crippen LogP contribution in [0.4, 0.5) is 0 Å². The quantitative estimate of drug-likeness (QED) is 0.567. The van der Waals surface area contributed by atoms with Crippen LogP contribution < -0.4 is 0 Å². The van der Waals surface area contributed by atoms with Crippen LogP contribution in [0.1, 0.15) is 0 Å². The van der Waals surface area contributed by atoms with Crippen LogP contribution in [0, 0.1) is 0 Å². The van der Waals surface area contributed by atoms with Gasteiger partial charge in [-0.15, -0.1) is 0 Å². The first-order valence-electron chi connectivity index (χ1n) is 2.32. The molecule has 0 heterocycles. The van der Waals surface area contributed by atoms with Crippen molar-refractivity contribution < 1.29 is 30.2 Å². The van der Waals surface area contributed by atoms with E-state index in [-0.39, 0.29) is 13.2 Å². The zero-order chi connectivity index (χ0) is 7.54. The normalized spacial score (nSPS) is 8.11. The SMILES string of the molecule is OCCSCCO.[Cl][Au]. The summed E-state index contributed by atoms with van der Waals surface area (Å²) in [6.45, 7) is 0.426. The Balaban J connectivity index is 0. The zero-order valence-corrected chi connectivity index (χ0v) is 8.55. The van der Waals surface area contributed by atoms with Crippen molar-refractivity contribution in [3.8, 4) is 0 Å². The first-order valence-corrected chi connectivity index (χ1v) is 6.16. The van der Waals surface area contributed by atoms with E-state index in [9.17, 15) is 0 Å². The Morgan fingerprint density at radius 3 is 1.67 bits per heavy atom. The Hall–Kier alpha value is 1.30. The van der Waals surface area contributed by atoms with Crippen molar-refractivity contribution >= 4 is 21.0 Å². The van der Waals surface area contributed by atoms with Gasteiger partial charge in [-0.1, -0.05) is 0 Å². The van der Waals surface area contributed by atoms with E-state index < -0.39 is 0 Å². The predicted octanol–water partition coefficient (Wildman–Crippen LogP) is 0.391. The van der Waals surface area contributed by atoms with E-state index in [1.165, 1.54) is 0 Å². The second kappa shape index (κ2) is 16.1. The summed E-state index contributed by atoms with van der Waals surface area (Å²) in [5.74, 6) is 1.47. The van der Waals surface area contributed by atoms with Gasteiger partial charge in [0.1, 0.15) is 0 Å². The average Bonchev–Trinajstić information content (AvgIpc) is 1.94. The van der Waals surface area contributed by atoms with E-state index in [1.54, 1.807) is 31.7 Å². The van der Waals surface area contributed by atoms with Gasteiger partial charge in [0.15, 0.2) is 0 Å². The molecule has 0 aromatic heterocycles. The standard InChI is InChI=1S/C4H10O2S.Au.ClH/c5-1-3-7-4-2-6;;/h5-6H,1-4H2;;1H/q;+1;/p-1. The van der Waals surface area contributed by atoms with Crippen molar-refractivity contribution in [2.24, 2.45) is 0 Å². The molecular formula is C4H10AuClO2S. The molecule has 0 saturated carbocycles. The topological polar surface area (TPSA) is 40.5 Å². The molecule has 0 unspecified atom stereocenters. The molecule has 5 heteroatoms. The second-order valence-corrected chi connectivity index (χ2v) is 2.28. The van der Waals surface area contributed by atoms with Crippen LogP contribution in [-0.2, 0) is 20.0 Å². The molecule has 0 radical (unpaired) electrons. The number of thioether (sulfide) groups is 1. The molecule has 9 heavy (non-hydrogen) atoms. The van der Waals surface area contributed by atoms with E-state index in [0.29, 0.717) is 0 Å². The molecule has 0 saturated heterocycles. The fraction of sp³-hybridized carbons (Fsp3) is 1.00. The first-order chi connectivity index (χ1) is 4.41. The average molecular weight is 355 g/mol. The number of aliphatic hydroxyl groups is 2. The summed E-state index contributed by atoms with van der Waals surface area (Å²) in [6.07, 6.45) is 0. The van der Waals surface area contributed by atoms with Crippen LogP contribution in [-0.4, -0.2) is 34.9 Å². The molecule has 0 rings (SSSR count). The zero-order valence-electron chi connectivity index (χ0n) is 4.81. The molecule has 0 atom stereocenters. The molecular weight excluding hydrogens is 345 g/mol. The summed E-state index contributed by atoms with van der Waals surface area (Å²) < 4.78 is 0. The minimum absolute atomic E-state index is 0.213. The van der Waals surface area contributed by atoms with Gasteiger partial charge in [0.05, 0.1) is 13.2 Å². The van der Waals surface area contributed by atoms with E-state index in [0.717, 1.165) is 11.5 Å². The molecule has 62 valence electrons. The van der Waals surface area contributed by atoms with Gasteiger partial charge in [-0.05, 0) is 0 Å². The maximum atomic E-state index is 8.19.